The van der Waals surface area contributed by atoms with E-state index in [0.717, 1.165) is 12.0 Å². The lowest BCUT2D eigenvalue weighted by molar-refractivity contribution is -0.138. The van der Waals surface area contributed by atoms with Crippen LogP contribution in [0.4, 0.5) is 5.69 Å². The van der Waals surface area contributed by atoms with Crippen molar-refractivity contribution in [1.29, 1.82) is 0 Å². The number of nitrogens with one attached hydrogen (secondary N) is 2. The Morgan fingerprint density at radius 1 is 0.963 bits per heavy atom. The van der Waals surface area contributed by atoms with E-state index in [2.05, 4.69) is 10.6 Å². The predicted molar refractivity (Wildman–Crippen MR) is 108 cm³/mol. The van der Waals surface area contributed by atoms with Crippen molar-refractivity contribution in [3.05, 3.63) is 60.2 Å². The summed E-state index contributed by atoms with van der Waals surface area (Å²) in [5, 5.41) is 5.67. The van der Waals surface area contributed by atoms with E-state index in [1.807, 2.05) is 56.3 Å². The Bertz CT molecular complexity index is 770. The quantitative estimate of drug-likeness (QED) is 0.697. The van der Waals surface area contributed by atoms with Crippen molar-refractivity contribution in [3.8, 4) is 5.75 Å². The molecular weight excluding hydrogens is 340 g/mol. The van der Waals surface area contributed by atoms with Gasteiger partial charge in [0.2, 0.25) is 11.8 Å². The topological polar surface area (TPSA) is 67.4 Å². The minimum absolute atomic E-state index is 0.0163. The number of carbonyl (C=O) groups excluding carboxylic acids is 2. The molecule has 27 heavy (non-hydrogen) atoms. The number of carbonyl (C=O) groups is 2. The molecule has 0 aliphatic carbocycles. The normalized spacial score (nSPS) is 11.1. The van der Waals surface area contributed by atoms with Crippen LogP contribution in [0.2, 0.25) is 0 Å². The fraction of sp³-hybridized carbons (Fsp3) is 0.364. The Morgan fingerprint density at radius 2 is 1.59 bits per heavy atom. The molecule has 2 rings (SSSR count). The molecule has 0 spiro atoms. The van der Waals surface area contributed by atoms with E-state index in [1.165, 1.54) is 0 Å². The number of hydrogen-bond donors (Lipinski definition) is 2. The second kappa shape index (κ2) is 9.21. The Balaban J connectivity index is 1.96. The van der Waals surface area contributed by atoms with Gasteiger partial charge in [-0.1, -0.05) is 42.5 Å². The Hall–Kier alpha value is -2.82. The van der Waals surface area contributed by atoms with Crippen molar-refractivity contribution >= 4 is 17.5 Å². The third-order valence-electron chi connectivity index (χ3n) is 4.18. The van der Waals surface area contributed by atoms with Gasteiger partial charge < -0.3 is 15.4 Å². The summed E-state index contributed by atoms with van der Waals surface area (Å²) in [5.41, 5.74) is 0.489. The standard InChI is InChI=1S/C22H28N2O3/c1-16(2)27-19-13-9-8-12-18(19)24-21(26)22(3,4)20(25)23-15-14-17-10-6-5-7-11-17/h5-13,16H,14-15H2,1-4H3,(H,23,25)(H,24,26). The maximum atomic E-state index is 12.7. The molecule has 0 saturated heterocycles. The third kappa shape index (κ3) is 5.84. The van der Waals surface area contributed by atoms with Crippen LogP contribution in [-0.2, 0) is 16.0 Å². The molecule has 0 saturated carbocycles. The van der Waals surface area contributed by atoms with E-state index in [4.69, 9.17) is 4.74 Å². The molecule has 0 atom stereocenters. The first-order valence-corrected chi connectivity index (χ1v) is 9.20. The Morgan fingerprint density at radius 3 is 2.26 bits per heavy atom. The van der Waals surface area contributed by atoms with Gasteiger partial charge in [0.05, 0.1) is 11.8 Å². The van der Waals surface area contributed by atoms with Gasteiger partial charge in [0, 0.05) is 6.54 Å². The lowest BCUT2D eigenvalue weighted by Crippen LogP contribution is -2.45. The first-order valence-electron chi connectivity index (χ1n) is 9.20. The van der Waals surface area contributed by atoms with E-state index in [1.54, 1.807) is 26.0 Å². The van der Waals surface area contributed by atoms with Crippen molar-refractivity contribution in [2.45, 2.75) is 40.2 Å². The number of ether oxygens (including phenoxy) is 1. The number of anilines is 1. The average Bonchev–Trinajstić information content (AvgIpc) is 2.63. The summed E-state index contributed by atoms with van der Waals surface area (Å²) >= 11 is 0. The summed E-state index contributed by atoms with van der Waals surface area (Å²) in [7, 11) is 0. The molecule has 2 N–H and O–H groups in total. The van der Waals surface area contributed by atoms with Crippen LogP contribution >= 0.6 is 0 Å². The molecule has 0 radical (unpaired) electrons. The highest BCUT2D eigenvalue weighted by atomic mass is 16.5. The molecule has 2 aromatic carbocycles. The van der Waals surface area contributed by atoms with Crippen LogP contribution < -0.4 is 15.4 Å². The summed E-state index contributed by atoms with van der Waals surface area (Å²) in [6.07, 6.45) is 0.701. The summed E-state index contributed by atoms with van der Waals surface area (Å²) < 4.78 is 5.72. The van der Waals surface area contributed by atoms with Crippen LogP contribution in [0.25, 0.3) is 0 Å². The monoisotopic (exact) mass is 368 g/mol. The fourth-order valence-corrected chi connectivity index (χ4v) is 2.49. The predicted octanol–water partition coefficient (Wildman–Crippen LogP) is 3.80. The third-order valence-corrected chi connectivity index (χ3v) is 4.18. The van der Waals surface area contributed by atoms with Crippen molar-refractivity contribution < 1.29 is 14.3 Å². The van der Waals surface area contributed by atoms with Crippen LogP contribution in [0.1, 0.15) is 33.3 Å². The molecule has 0 bridgehead atoms. The van der Waals surface area contributed by atoms with E-state index in [9.17, 15) is 9.59 Å². The molecule has 144 valence electrons. The number of para-hydroxylation sites is 2. The molecule has 0 unspecified atom stereocenters. The van der Waals surface area contributed by atoms with Gasteiger partial charge in [-0.15, -0.1) is 0 Å². The second-order valence-electron chi connectivity index (χ2n) is 7.23. The largest absolute Gasteiger partial charge is 0.489 e. The van der Waals surface area contributed by atoms with Gasteiger partial charge in [-0.3, -0.25) is 9.59 Å². The fourth-order valence-electron chi connectivity index (χ4n) is 2.49. The van der Waals surface area contributed by atoms with Gasteiger partial charge in [0.25, 0.3) is 0 Å². The van der Waals surface area contributed by atoms with Crippen molar-refractivity contribution in [3.63, 3.8) is 0 Å². The zero-order chi connectivity index (χ0) is 19.9. The molecule has 0 aliphatic rings. The van der Waals surface area contributed by atoms with Gasteiger partial charge in [0.15, 0.2) is 0 Å². The van der Waals surface area contributed by atoms with Gasteiger partial charge >= 0.3 is 0 Å². The second-order valence-corrected chi connectivity index (χ2v) is 7.23. The average molecular weight is 368 g/mol. The number of rotatable bonds is 8. The first-order chi connectivity index (χ1) is 12.8. The minimum atomic E-state index is -1.21. The molecule has 2 amide bonds. The van der Waals surface area contributed by atoms with Crippen LogP contribution in [0.5, 0.6) is 5.75 Å². The highest BCUT2D eigenvalue weighted by Gasteiger charge is 2.36. The van der Waals surface area contributed by atoms with E-state index in [0.29, 0.717) is 18.0 Å². The summed E-state index contributed by atoms with van der Waals surface area (Å²) in [5.74, 6) is -0.0983. The molecular formula is C22H28N2O3. The lowest BCUT2D eigenvalue weighted by atomic mass is 9.90. The molecule has 5 nitrogen and oxygen atoms in total. The smallest absolute Gasteiger partial charge is 0.239 e. The maximum absolute atomic E-state index is 12.7. The van der Waals surface area contributed by atoms with Crippen LogP contribution in [0, 0.1) is 5.41 Å². The lowest BCUT2D eigenvalue weighted by Gasteiger charge is -2.24. The van der Waals surface area contributed by atoms with Crippen LogP contribution in [0.15, 0.2) is 54.6 Å². The number of hydrogen-bond acceptors (Lipinski definition) is 3. The molecule has 0 aromatic heterocycles. The molecule has 2 aromatic rings. The van der Waals surface area contributed by atoms with E-state index in [-0.39, 0.29) is 17.9 Å². The van der Waals surface area contributed by atoms with Gasteiger partial charge in [-0.25, -0.2) is 0 Å². The van der Waals surface area contributed by atoms with Crippen LogP contribution in [-0.4, -0.2) is 24.5 Å². The van der Waals surface area contributed by atoms with Crippen molar-refractivity contribution in [1.82, 2.24) is 5.32 Å². The molecule has 0 heterocycles. The van der Waals surface area contributed by atoms with Crippen molar-refractivity contribution in [2.75, 3.05) is 11.9 Å². The van der Waals surface area contributed by atoms with E-state index < -0.39 is 5.41 Å². The van der Waals surface area contributed by atoms with E-state index >= 15 is 0 Å². The highest BCUT2D eigenvalue weighted by molar-refractivity contribution is 6.10. The Kier molecular flexibility index (Phi) is 6.99. The number of benzene rings is 2. The van der Waals surface area contributed by atoms with Gasteiger partial charge in [-0.2, -0.15) is 0 Å². The molecule has 0 fully saturated rings. The zero-order valence-corrected chi connectivity index (χ0v) is 16.4. The van der Waals surface area contributed by atoms with Crippen molar-refractivity contribution in [2.24, 2.45) is 5.41 Å². The van der Waals surface area contributed by atoms with Crippen LogP contribution in [0.3, 0.4) is 0 Å². The summed E-state index contributed by atoms with van der Waals surface area (Å²) in [4.78, 5) is 25.3. The summed E-state index contributed by atoms with van der Waals surface area (Å²) in [6, 6.07) is 17.1. The number of amides is 2. The minimum Gasteiger partial charge on any atom is -0.489 e. The highest BCUT2D eigenvalue weighted by Crippen LogP contribution is 2.27. The first kappa shape index (κ1) is 20.5. The molecule has 0 aliphatic heterocycles. The zero-order valence-electron chi connectivity index (χ0n) is 16.4. The molecule has 5 heteroatoms. The maximum Gasteiger partial charge on any atom is 0.239 e. The van der Waals surface area contributed by atoms with Gasteiger partial charge in [-0.05, 0) is 51.8 Å². The Labute approximate surface area is 161 Å². The summed E-state index contributed by atoms with van der Waals surface area (Å²) in [6.45, 7) is 7.55. The SMILES string of the molecule is CC(C)Oc1ccccc1NC(=O)C(C)(C)C(=O)NCCc1ccccc1. The van der Waals surface area contributed by atoms with Gasteiger partial charge in [0.1, 0.15) is 11.2 Å².